The molecule has 1 aromatic heterocycles. The number of pyridine rings is 1. The number of hydrogen-bond acceptors (Lipinski definition) is 4. The fourth-order valence-electron chi connectivity index (χ4n) is 1.84. The Morgan fingerprint density at radius 1 is 1.28 bits per heavy atom. The molecule has 0 atom stereocenters. The molecule has 0 saturated carbocycles. The van der Waals surface area contributed by atoms with Gasteiger partial charge in [0.2, 0.25) is 5.82 Å². The third kappa shape index (κ3) is 2.45. The number of anilines is 1. The first-order valence-corrected chi connectivity index (χ1v) is 5.56. The highest BCUT2D eigenvalue weighted by Crippen LogP contribution is 2.27. The van der Waals surface area contributed by atoms with Crippen molar-refractivity contribution in [2.45, 2.75) is 6.42 Å². The van der Waals surface area contributed by atoms with Crippen molar-refractivity contribution in [3.8, 4) is 0 Å². The number of aromatic nitrogens is 1. The van der Waals surface area contributed by atoms with Gasteiger partial charge >= 0.3 is 5.69 Å². The maximum Gasteiger partial charge on any atom is 0.314 e. The maximum absolute atomic E-state index is 11.1. The van der Waals surface area contributed by atoms with Crippen molar-refractivity contribution in [2.24, 2.45) is 0 Å². The highest BCUT2D eigenvalue weighted by atomic mass is 16.6. The van der Waals surface area contributed by atoms with Gasteiger partial charge < -0.3 is 5.32 Å². The summed E-state index contributed by atoms with van der Waals surface area (Å²) in [6, 6.07) is 11.3. The molecule has 1 aromatic carbocycles. The minimum atomic E-state index is -0.392. The van der Waals surface area contributed by atoms with E-state index < -0.39 is 4.92 Å². The minimum absolute atomic E-state index is 0.0452. The van der Waals surface area contributed by atoms with Gasteiger partial charge in [0.15, 0.2) is 0 Å². The van der Waals surface area contributed by atoms with E-state index in [2.05, 4.69) is 10.3 Å². The summed E-state index contributed by atoms with van der Waals surface area (Å²) in [5.74, 6) is 0.299. The fourth-order valence-corrected chi connectivity index (χ4v) is 1.84. The van der Waals surface area contributed by atoms with Crippen molar-refractivity contribution in [2.75, 3.05) is 12.4 Å². The van der Waals surface area contributed by atoms with Gasteiger partial charge in [0, 0.05) is 25.2 Å². The van der Waals surface area contributed by atoms with Gasteiger partial charge in [0.05, 0.1) is 4.92 Å². The van der Waals surface area contributed by atoms with E-state index in [1.807, 2.05) is 30.3 Å². The second-order valence-electron chi connectivity index (χ2n) is 3.84. The zero-order chi connectivity index (χ0) is 13.0. The summed E-state index contributed by atoms with van der Waals surface area (Å²) in [5.41, 5.74) is 1.74. The molecule has 5 heteroatoms. The van der Waals surface area contributed by atoms with E-state index in [-0.39, 0.29) is 5.69 Å². The Morgan fingerprint density at radius 3 is 2.61 bits per heavy atom. The van der Waals surface area contributed by atoms with Gasteiger partial charge in [0.25, 0.3) is 0 Å². The van der Waals surface area contributed by atoms with Crippen molar-refractivity contribution in [1.82, 2.24) is 4.98 Å². The van der Waals surface area contributed by atoms with Gasteiger partial charge in [-0.1, -0.05) is 30.3 Å². The molecule has 0 spiro atoms. The number of nitrogens with one attached hydrogen (secondary N) is 1. The quantitative estimate of drug-likeness (QED) is 0.662. The normalized spacial score (nSPS) is 10.1. The highest BCUT2D eigenvalue weighted by molar-refractivity contribution is 5.60. The fraction of sp³-hybridized carbons (Fsp3) is 0.154. The molecule has 92 valence electrons. The van der Waals surface area contributed by atoms with Crippen molar-refractivity contribution in [3.63, 3.8) is 0 Å². The van der Waals surface area contributed by atoms with E-state index in [0.29, 0.717) is 17.8 Å². The summed E-state index contributed by atoms with van der Waals surface area (Å²) in [6.45, 7) is 0. The first kappa shape index (κ1) is 12.0. The van der Waals surface area contributed by atoms with Crippen LogP contribution in [0.3, 0.4) is 0 Å². The Bertz CT molecular complexity index is 555. The molecule has 5 nitrogen and oxygen atoms in total. The monoisotopic (exact) mass is 243 g/mol. The van der Waals surface area contributed by atoms with Crippen molar-refractivity contribution in [1.29, 1.82) is 0 Å². The third-order valence-corrected chi connectivity index (χ3v) is 2.66. The lowest BCUT2D eigenvalue weighted by atomic mass is 10.0. The first-order valence-electron chi connectivity index (χ1n) is 5.56. The van der Waals surface area contributed by atoms with Gasteiger partial charge in [-0.3, -0.25) is 10.1 Å². The predicted octanol–water partition coefficient (Wildman–Crippen LogP) is 2.62. The zero-order valence-corrected chi connectivity index (χ0v) is 9.96. The standard InChI is InChI=1S/C13H13N3O2/c1-14-13-12(16(17)18)11(7-8-15-13)9-10-5-3-2-4-6-10/h2-8H,9H2,1H3,(H,14,15). The average molecular weight is 243 g/mol. The second-order valence-corrected chi connectivity index (χ2v) is 3.84. The van der Waals surface area contributed by atoms with E-state index in [4.69, 9.17) is 0 Å². The van der Waals surface area contributed by atoms with Crippen LogP contribution in [0.15, 0.2) is 42.6 Å². The predicted molar refractivity (Wildman–Crippen MR) is 69.7 cm³/mol. The van der Waals surface area contributed by atoms with E-state index >= 15 is 0 Å². The van der Waals surface area contributed by atoms with Crippen LogP contribution >= 0.6 is 0 Å². The summed E-state index contributed by atoms with van der Waals surface area (Å²) in [5, 5.41) is 13.9. The van der Waals surface area contributed by atoms with E-state index in [1.165, 1.54) is 0 Å². The van der Waals surface area contributed by atoms with Gasteiger partial charge in [-0.25, -0.2) is 4.98 Å². The molecule has 18 heavy (non-hydrogen) atoms. The van der Waals surface area contributed by atoms with Gasteiger partial charge in [-0.2, -0.15) is 0 Å². The van der Waals surface area contributed by atoms with E-state index in [0.717, 1.165) is 5.56 Å². The van der Waals surface area contributed by atoms with Crippen LogP contribution in [0.2, 0.25) is 0 Å². The van der Waals surface area contributed by atoms with E-state index in [9.17, 15) is 10.1 Å². The van der Waals surface area contributed by atoms with Gasteiger partial charge in [-0.15, -0.1) is 0 Å². The summed E-state index contributed by atoms with van der Waals surface area (Å²) in [4.78, 5) is 14.7. The molecular formula is C13H13N3O2. The Balaban J connectivity index is 2.42. The lowest BCUT2D eigenvalue weighted by Crippen LogP contribution is -2.03. The smallest absolute Gasteiger partial charge is 0.314 e. The van der Waals surface area contributed by atoms with Crippen LogP contribution in [0.4, 0.5) is 11.5 Å². The molecule has 0 aliphatic heterocycles. The molecule has 0 aliphatic rings. The van der Waals surface area contributed by atoms with Gasteiger partial charge in [-0.05, 0) is 11.6 Å². The first-order chi connectivity index (χ1) is 8.72. The lowest BCUT2D eigenvalue weighted by Gasteiger charge is -2.06. The SMILES string of the molecule is CNc1nccc(Cc2ccccc2)c1[N+](=O)[O-]. The lowest BCUT2D eigenvalue weighted by molar-refractivity contribution is -0.384. The maximum atomic E-state index is 11.1. The molecule has 0 saturated heterocycles. The summed E-state index contributed by atoms with van der Waals surface area (Å²) < 4.78 is 0. The van der Waals surface area contributed by atoms with Crippen LogP contribution < -0.4 is 5.32 Å². The third-order valence-electron chi connectivity index (χ3n) is 2.66. The van der Waals surface area contributed by atoms with Crippen LogP contribution in [0.1, 0.15) is 11.1 Å². The largest absolute Gasteiger partial charge is 0.367 e. The summed E-state index contributed by atoms with van der Waals surface area (Å²) in [7, 11) is 1.63. The number of rotatable bonds is 4. The molecule has 0 aliphatic carbocycles. The molecule has 0 bridgehead atoms. The van der Waals surface area contributed by atoms with Crippen molar-refractivity contribution in [3.05, 3.63) is 63.8 Å². The van der Waals surface area contributed by atoms with Crippen LogP contribution in [0.25, 0.3) is 0 Å². The molecule has 1 N–H and O–H groups in total. The summed E-state index contributed by atoms with van der Waals surface area (Å²) >= 11 is 0. The topological polar surface area (TPSA) is 68.1 Å². The molecule has 0 unspecified atom stereocenters. The molecule has 0 radical (unpaired) electrons. The van der Waals surface area contributed by atoms with Crippen molar-refractivity contribution < 1.29 is 4.92 Å². The molecular weight excluding hydrogens is 230 g/mol. The van der Waals surface area contributed by atoms with Crippen molar-refractivity contribution >= 4 is 11.5 Å². The highest BCUT2D eigenvalue weighted by Gasteiger charge is 2.20. The Kier molecular flexibility index (Phi) is 3.52. The Morgan fingerprint density at radius 2 is 2.00 bits per heavy atom. The van der Waals surface area contributed by atoms with Gasteiger partial charge in [0.1, 0.15) is 0 Å². The van der Waals surface area contributed by atoms with Crippen LogP contribution in [-0.2, 0) is 6.42 Å². The minimum Gasteiger partial charge on any atom is -0.367 e. The zero-order valence-electron chi connectivity index (χ0n) is 9.96. The van der Waals surface area contributed by atoms with Crippen LogP contribution in [0, 0.1) is 10.1 Å². The average Bonchev–Trinajstić information content (AvgIpc) is 2.39. The van der Waals surface area contributed by atoms with Crippen LogP contribution in [0.5, 0.6) is 0 Å². The molecule has 0 amide bonds. The number of hydrogen-bond donors (Lipinski definition) is 1. The van der Waals surface area contributed by atoms with E-state index in [1.54, 1.807) is 19.3 Å². The Labute approximate surface area is 105 Å². The molecule has 1 heterocycles. The van der Waals surface area contributed by atoms with Crippen LogP contribution in [-0.4, -0.2) is 17.0 Å². The Hall–Kier alpha value is -2.43. The molecule has 0 fully saturated rings. The molecule has 2 aromatic rings. The second kappa shape index (κ2) is 5.27. The molecule has 2 rings (SSSR count). The number of nitro groups is 1. The summed E-state index contributed by atoms with van der Waals surface area (Å²) in [6.07, 6.45) is 2.10. The number of nitrogens with zero attached hydrogens (tertiary/aromatic N) is 2. The number of benzene rings is 1.